The predicted octanol–water partition coefficient (Wildman–Crippen LogP) is 1.71. The lowest BCUT2D eigenvalue weighted by molar-refractivity contribution is -0.136. The van der Waals surface area contributed by atoms with Gasteiger partial charge >= 0.3 is 0 Å². The maximum atomic E-state index is 12.7. The maximum absolute atomic E-state index is 12.7. The monoisotopic (exact) mass is 364 g/mol. The van der Waals surface area contributed by atoms with Gasteiger partial charge in [0.25, 0.3) is 5.56 Å². The number of fused-ring (bicyclic) bond motifs is 1. The molecule has 1 aliphatic rings. The van der Waals surface area contributed by atoms with E-state index in [2.05, 4.69) is 11.9 Å². The van der Waals surface area contributed by atoms with Gasteiger partial charge in [0.15, 0.2) is 0 Å². The summed E-state index contributed by atoms with van der Waals surface area (Å²) in [6, 6.07) is 5.57. The molecule has 1 fully saturated rings. The van der Waals surface area contributed by atoms with Gasteiger partial charge in [0.1, 0.15) is 6.54 Å². The summed E-state index contributed by atoms with van der Waals surface area (Å²) in [4.78, 5) is 31.5. The first kappa shape index (κ1) is 19.4. The van der Waals surface area contributed by atoms with Gasteiger partial charge < -0.3 is 10.6 Å². The Morgan fingerprint density at radius 2 is 2.16 bits per heavy atom. The summed E-state index contributed by atoms with van der Waals surface area (Å²) in [5, 5.41) is 0.549. The van der Waals surface area contributed by atoms with Crippen LogP contribution in [-0.4, -0.2) is 39.5 Å². The summed E-state index contributed by atoms with van der Waals surface area (Å²) in [7, 11) is 0. The highest BCUT2D eigenvalue weighted by Crippen LogP contribution is 2.22. The highest BCUT2D eigenvalue weighted by Gasteiger charge is 2.29. The zero-order chi connectivity index (χ0) is 17.3. The number of piperidine rings is 1. The summed E-state index contributed by atoms with van der Waals surface area (Å²) in [5.74, 6) is 0.517. The van der Waals surface area contributed by atoms with E-state index in [1.54, 1.807) is 6.07 Å². The van der Waals surface area contributed by atoms with Crippen LogP contribution in [0.2, 0.25) is 0 Å². The number of hydrogen-bond acceptors (Lipinski definition) is 4. The van der Waals surface area contributed by atoms with Crippen molar-refractivity contribution in [2.75, 3.05) is 13.1 Å². The minimum atomic E-state index is -0.174. The number of likely N-dealkylation sites (tertiary alicyclic amines) is 1. The fraction of sp³-hybridized carbons (Fsp3) is 0.500. The Morgan fingerprint density at radius 3 is 2.88 bits per heavy atom. The Balaban J connectivity index is 0.00000225. The average molecular weight is 365 g/mol. The largest absolute Gasteiger partial charge is 0.337 e. The van der Waals surface area contributed by atoms with Crippen LogP contribution in [0, 0.1) is 12.8 Å². The number of carbonyl (C=O) groups is 1. The number of hydrogen-bond donors (Lipinski definition) is 1. The lowest BCUT2D eigenvalue weighted by Gasteiger charge is -2.38. The minimum absolute atomic E-state index is 0. The SMILES string of the molecule is Cc1cccc2c(=O)n(CC(=O)N3CCC(C)CC3CN)cnc12.Cl. The third-order valence-electron chi connectivity index (χ3n) is 4.93. The fourth-order valence-corrected chi connectivity index (χ4v) is 3.49. The standard InChI is InChI=1S/C18H24N4O2.ClH/c1-12-6-7-22(14(8-12)9-19)16(23)10-21-11-20-17-13(2)4-3-5-15(17)18(21)24;/h3-5,11-12,14H,6-10,19H2,1-2H3;1H. The molecule has 1 aliphatic heterocycles. The number of halogens is 1. The van der Waals surface area contributed by atoms with Gasteiger partial charge in [0.05, 0.1) is 17.2 Å². The number of benzene rings is 1. The van der Waals surface area contributed by atoms with E-state index < -0.39 is 0 Å². The van der Waals surface area contributed by atoms with Crippen LogP contribution in [0.3, 0.4) is 0 Å². The Labute approximate surface area is 153 Å². The van der Waals surface area contributed by atoms with Crippen LogP contribution in [-0.2, 0) is 11.3 Å². The van der Waals surface area contributed by atoms with Gasteiger partial charge in [0, 0.05) is 19.1 Å². The average Bonchev–Trinajstić information content (AvgIpc) is 2.57. The number of rotatable bonds is 3. The first-order chi connectivity index (χ1) is 11.5. The summed E-state index contributed by atoms with van der Waals surface area (Å²) < 4.78 is 1.40. The molecule has 1 aromatic carbocycles. The molecule has 2 heterocycles. The quantitative estimate of drug-likeness (QED) is 0.899. The zero-order valence-corrected chi connectivity index (χ0v) is 15.5. The van der Waals surface area contributed by atoms with Gasteiger partial charge in [0.2, 0.25) is 5.91 Å². The van der Waals surface area contributed by atoms with Crippen molar-refractivity contribution in [3.63, 3.8) is 0 Å². The van der Waals surface area contributed by atoms with E-state index in [0.29, 0.717) is 29.9 Å². The molecule has 1 amide bonds. The number of carbonyl (C=O) groups excluding carboxylic acids is 1. The second-order valence-corrected chi connectivity index (χ2v) is 6.75. The molecule has 6 nitrogen and oxygen atoms in total. The third kappa shape index (κ3) is 3.85. The summed E-state index contributed by atoms with van der Waals surface area (Å²) in [5.41, 5.74) is 7.31. The van der Waals surface area contributed by atoms with Crippen molar-refractivity contribution in [3.05, 3.63) is 40.4 Å². The molecule has 25 heavy (non-hydrogen) atoms. The van der Waals surface area contributed by atoms with Crippen LogP contribution >= 0.6 is 12.4 Å². The van der Waals surface area contributed by atoms with Gasteiger partial charge in [-0.25, -0.2) is 4.98 Å². The van der Waals surface area contributed by atoms with Crippen LogP contribution in [0.4, 0.5) is 0 Å². The first-order valence-electron chi connectivity index (χ1n) is 8.45. The molecular formula is C18H25ClN4O2. The fourth-order valence-electron chi connectivity index (χ4n) is 3.49. The maximum Gasteiger partial charge on any atom is 0.261 e. The Morgan fingerprint density at radius 1 is 1.40 bits per heavy atom. The van der Waals surface area contributed by atoms with Gasteiger partial charge in [-0.15, -0.1) is 12.4 Å². The van der Waals surface area contributed by atoms with Crippen LogP contribution in [0.15, 0.2) is 29.3 Å². The molecule has 2 aromatic rings. The predicted molar refractivity (Wildman–Crippen MR) is 101 cm³/mol. The van der Waals surface area contributed by atoms with E-state index in [1.165, 1.54) is 10.9 Å². The molecule has 2 unspecified atom stereocenters. The smallest absolute Gasteiger partial charge is 0.261 e. The molecule has 136 valence electrons. The summed E-state index contributed by atoms with van der Waals surface area (Å²) in [6.45, 7) is 5.28. The van der Waals surface area contributed by atoms with Crippen molar-refractivity contribution >= 4 is 29.2 Å². The Hall–Kier alpha value is -1.92. The second kappa shape index (κ2) is 7.97. The number of nitrogens with two attached hydrogens (primary N) is 1. The first-order valence-corrected chi connectivity index (χ1v) is 8.45. The second-order valence-electron chi connectivity index (χ2n) is 6.75. The summed E-state index contributed by atoms with van der Waals surface area (Å²) in [6.07, 6.45) is 3.37. The Bertz CT molecular complexity index is 820. The van der Waals surface area contributed by atoms with Crippen LogP contribution in [0.1, 0.15) is 25.3 Å². The molecule has 3 rings (SSSR count). The van der Waals surface area contributed by atoms with Crippen molar-refractivity contribution in [3.8, 4) is 0 Å². The lowest BCUT2D eigenvalue weighted by atomic mass is 9.92. The van der Waals surface area contributed by atoms with E-state index in [9.17, 15) is 9.59 Å². The van der Waals surface area contributed by atoms with Gasteiger partial charge in [-0.3, -0.25) is 14.2 Å². The lowest BCUT2D eigenvalue weighted by Crippen LogP contribution is -2.50. The third-order valence-corrected chi connectivity index (χ3v) is 4.93. The normalized spacial score (nSPS) is 20.4. The van der Waals surface area contributed by atoms with E-state index in [4.69, 9.17) is 5.73 Å². The van der Waals surface area contributed by atoms with E-state index in [1.807, 2.05) is 24.0 Å². The van der Waals surface area contributed by atoms with E-state index in [-0.39, 0.29) is 36.5 Å². The molecule has 7 heteroatoms. The van der Waals surface area contributed by atoms with Crippen molar-refractivity contribution in [1.29, 1.82) is 0 Å². The number of nitrogens with zero attached hydrogens (tertiary/aromatic N) is 3. The van der Waals surface area contributed by atoms with Gasteiger partial charge in [-0.1, -0.05) is 19.1 Å². The number of para-hydroxylation sites is 1. The number of amides is 1. The molecule has 1 saturated heterocycles. The number of aryl methyl sites for hydroxylation is 1. The van der Waals surface area contributed by atoms with Crippen LogP contribution in [0.5, 0.6) is 0 Å². The highest BCUT2D eigenvalue weighted by atomic mass is 35.5. The molecule has 1 aromatic heterocycles. The zero-order valence-electron chi connectivity index (χ0n) is 14.6. The molecule has 0 bridgehead atoms. The van der Waals surface area contributed by atoms with Crippen molar-refractivity contribution in [2.45, 2.75) is 39.3 Å². The topological polar surface area (TPSA) is 81.2 Å². The van der Waals surface area contributed by atoms with Crippen LogP contribution < -0.4 is 11.3 Å². The van der Waals surface area contributed by atoms with E-state index in [0.717, 1.165) is 18.4 Å². The number of aromatic nitrogens is 2. The molecule has 0 spiro atoms. The Kier molecular flexibility index (Phi) is 6.19. The van der Waals surface area contributed by atoms with Crippen molar-refractivity contribution < 1.29 is 4.79 Å². The van der Waals surface area contributed by atoms with Crippen molar-refractivity contribution in [2.24, 2.45) is 11.7 Å². The van der Waals surface area contributed by atoms with Gasteiger partial charge in [-0.2, -0.15) is 0 Å². The molecule has 2 atom stereocenters. The van der Waals surface area contributed by atoms with Gasteiger partial charge in [-0.05, 0) is 37.3 Å². The molecule has 0 radical (unpaired) electrons. The van der Waals surface area contributed by atoms with Crippen LogP contribution in [0.25, 0.3) is 10.9 Å². The molecule has 0 saturated carbocycles. The minimum Gasteiger partial charge on any atom is -0.337 e. The molecular weight excluding hydrogens is 340 g/mol. The summed E-state index contributed by atoms with van der Waals surface area (Å²) >= 11 is 0. The van der Waals surface area contributed by atoms with Crippen molar-refractivity contribution in [1.82, 2.24) is 14.5 Å². The highest BCUT2D eigenvalue weighted by molar-refractivity contribution is 5.85. The van der Waals surface area contributed by atoms with E-state index >= 15 is 0 Å². The molecule has 0 aliphatic carbocycles. The molecule has 2 N–H and O–H groups in total.